The van der Waals surface area contributed by atoms with E-state index in [1.54, 1.807) is 0 Å². The van der Waals surface area contributed by atoms with Crippen LogP contribution in [0.5, 0.6) is 0 Å². The van der Waals surface area contributed by atoms with Gasteiger partial charge in [-0.1, -0.05) is 20.3 Å². The molecule has 1 aliphatic carbocycles. The molecule has 0 heterocycles. The summed E-state index contributed by atoms with van der Waals surface area (Å²) < 4.78 is 5.89. The van der Waals surface area contributed by atoms with E-state index >= 15 is 0 Å². The monoisotopic (exact) mass is 199 g/mol. The van der Waals surface area contributed by atoms with Crippen molar-refractivity contribution >= 4 is 0 Å². The average molecular weight is 199 g/mol. The summed E-state index contributed by atoms with van der Waals surface area (Å²) in [6, 6.07) is 0.631. The second-order valence-electron chi connectivity index (χ2n) is 4.25. The minimum Gasteiger partial charge on any atom is -0.377 e. The zero-order valence-corrected chi connectivity index (χ0v) is 9.72. The summed E-state index contributed by atoms with van der Waals surface area (Å²) in [4.78, 5) is 0. The van der Waals surface area contributed by atoms with E-state index in [4.69, 9.17) is 4.74 Å². The lowest BCUT2D eigenvalue weighted by Crippen LogP contribution is -2.37. The topological polar surface area (TPSA) is 21.3 Å². The molecule has 1 fully saturated rings. The highest BCUT2D eigenvalue weighted by Gasteiger charge is 2.26. The van der Waals surface area contributed by atoms with Crippen LogP contribution in [0, 0.1) is 0 Å². The van der Waals surface area contributed by atoms with Gasteiger partial charge in [0.2, 0.25) is 0 Å². The van der Waals surface area contributed by atoms with E-state index in [-0.39, 0.29) is 0 Å². The van der Waals surface area contributed by atoms with E-state index in [0.717, 1.165) is 13.2 Å². The molecule has 1 rings (SSSR count). The van der Waals surface area contributed by atoms with Crippen LogP contribution in [0.2, 0.25) is 0 Å². The largest absolute Gasteiger partial charge is 0.377 e. The molecule has 84 valence electrons. The van der Waals surface area contributed by atoms with Crippen LogP contribution in [0.4, 0.5) is 0 Å². The Bertz CT molecular complexity index is 138. The summed E-state index contributed by atoms with van der Waals surface area (Å²) in [5.74, 6) is 0. The van der Waals surface area contributed by atoms with Crippen LogP contribution in [0.15, 0.2) is 0 Å². The molecule has 2 unspecified atom stereocenters. The Morgan fingerprint density at radius 3 is 2.79 bits per heavy atom. The van der Waals surface area contributed by atoms with Gasteiger partial charge in [0, 0.05) is 12.6 Å². The predicted molar refractivity (Wildman–Crippen MR) is 60.6 cm³/mol. The van der Waals surface area contributed by atoms with Gasteiger partial charge in [-0.3, -0.25) is 0 Å². The van der Waals surface area contributed by atoms with Gasteiger partial charge in [-0.2, -0.15) is 0 Å². The first-order chi connectivity index (χ1) is 6.88. The van der Waals surface area contributed by atoms with Gasteiger partial charge in [0.1, 0.15) is 0 Å². The Morgan fingerprint density at radius 2 is 2.07 bits per heavy atom. The third-order valence-corrected chi connectivity index (χ3v) is 2.94. The SMILES string of the molecule is CCCCOC1CCCC1NCCC. The second-order valence-corrected chi connectivity index (χ2v) is 4.25. The van der Waals surface area contributed by atoms with Gasteiger partial charge >= 0.3 is 0 Å². The first kappa shape index (κ1) is 12.0. The summed E-state index contributed by atoms with van der Waals surface area (Å²) in [5, 5.41) is 3.58. The molecule has 0 spiro atoms. The highest BCUT2D eigenvalue weighted by molar-refractivity contribution is 4.83. The molecule has 1 aliphatic rings. The Balaban J connectivity index is 2.14. The Morgan fingerprint density at radius 1 is 1.21 bits per heavy atom. The molecule has 0 saturated heterocycles. The highest BCUT2D eigenvalue weighted by atomic mass is 16.5. The first-order valence-electron chi connectivity index (χ1n) is 6.23. The molecule has 2 heteroatoms. The molecular formula is C12H25NO. The maximum atomic E-state index is 5.89. The fourth-order valence-corrected chi connectivity index (χ4v) is 2.07. The van der Waals surface area contributed by atoms with Crippen molar-refractivity contribution in [2.75, 3.05) is 13.2 Å². The molecule has 0 bridgehead atoms. The van der Waals surface area contributed by atoms with Gasteiger partial charge in [0.25, 0.3) is 0 Å². The molecule has 1 saturated carbocycles. The lowest BCUT2D eigenvalue weighted by atomic mass is 10.2. The summed E-state index contributed by atoms with van der Waals surface area (Å²) in [6.45, 7) is 6.52. The second kappa shape index (κ2) is 7.24. The number of nitrogens with one attached hydrogen (secondary N) is 1. The number of hydrogen-bond acceptors (Lipinski definition) is 2. The maximum absolute atomic E-state index is 5.89. The van der Waals surface area contributed by atoms with Crippen molar-refractivity contribution in [1.82, 2.24) is 5.32 Å². The van der Waals surface area contributed by atoms with Crippen molar-refractivity contribution in [3.63, 3.8) is 0 Å². The molecule has 2 nitrogen and oxygen atoms in total. The molecule has 1 N–H and O–H groups in total. The molecule has 0 aliphatic heterocycles. The van der Waals surface area contributed by atoms with Crippen LogP contribution in [0.1, 0.15) is 52.4 Å². The Hall–Kier alpha value is -0.0800. The van der Waals surface area contributed by atoms with Gasteiger partial charge < -0.3 is 10.1 Å². The first-order valence-corrected chi connectivity index (χ1v) is 6.23. The smallest absolute Gasteiger partial charge is 0.0728 e. The lowest BCUT2D eigenvalue weighted by Gasteiger charge is -2.21. The van der Waals surface area contributed by atoms with E-state index in [2.05, 4.69) is 19.2 Å². The van der Waals surface area contributed by atoms with E-state index in [1.165, 1.54) is 38.5 Å². The molecule has 0 aromatic rings. The maximum Gasteiger partial charge on any atom is 0.0728 e. The highest BCUT2D eigenvalue weighted by Crippen LogP contribution is 2.22. The summed E-state index contributed by atoms with van der Waals surface area (Å²) in [5.41, 5.74) is 0. The van der Waals surface area contributed by atoms with E-state index in [0.29, 0.717) is 12.1 Å². The number of unbranched alkanes of at least 4 members (excludes halogenated alkanes) is 1. The van der Waals surface area contributed by atoms with Crippen molar-refractivity contribution in [2.24, 2.45) is 0 Å². The fraction of sp³-hybridized carbons (Fsp3) is 1.00. The van der Waals surface area contributed by atoms with Gasteiger partial charge in [-0.05, 0) is 38.6 Å². The van der Waals surface area contributed by atoms with E-state index in [1.807, 2.05) is 0 Å². The molecule has 0 aromatic heterocycles. The zero-order valence-electron chi connectivity index (χ0n) is 9.72. The standard InChI is InChI=1S/C12H25NO/c1-3-5-10-14-12-8-6-7-11(12)13-9-4-2/h11-13H,3-10H2,1-2H3. The minimum absolute atomic E-state index is 0.494. The summed E-state index contributed by atoms with van der Waals surface area (Å²) in [6.07, 6.45) is 8.04. The third-order valence-electron chi connectivity index (χ3n) is 2.94. The van der Waals surface area contributed by atoms with Crippen LogP contribution < -0.4 is 5.32 Å². The Labute approximate surface area is 88.4 Å². The molecule has 0 radical (unpaired) electrons. The van der Waals surface area contributed by atoms with Crippen LogP contribution in [0.25, 0.3) is 0 Å². The lowest BCUT2D eigenvalue weighted by molar-refractivity contribution is 0.0383. The predicted octanol–water partition coefficient (Wildman–Crippen LogP) is 2.72. The molecule has 2 atom stereocenters. The molecular weight excluding hydrogens is 174 g/mol. The average Bonchev–Trinajstić information content (AvgIpc) is 2.63. The minimum atomic E-state index is 0.494. The van der Waals surface area contributed by atoms with Gasteiger partial charge in [0.15, 0.2) is 0 Å². The summed E-state index contributed by atoms with van der Waals surface area (Å²) >= 11 is 0. The van der Waals surface area contributed by atoms with E-state index < -0.39 is 0 Å². The fourth-order valence-electron chi connectivity index (χ4n) is 2.07. The van der Waals surface area contributed by atoms with Crippen LogP contribution in [-0.2, 0) is 4.74 Å². The quantitative estimate of drug-likeness (QED) is 0.637. The van der Waals surface area contributed by atoms with E-state index in [9.17, 15) is 0 Å². The van der Waals surface area contributed by atoms with Crippen molar-refractivity contribution in [3.8, 4) is 0 Å². The number of ether oxygens (including phenoxy) is 1. The normalized spacial score (nSPS) is 27.0. The molecule has 14 heavy (non-hydrogen) atoms. The van der Waals surface area contributed by atoms with Crippen molar-refractivity contribution in [2.45, 2.75) is 64.5 Å². The third kappa shape index (κ3) is 3.97. The van der Waals surface area contributed by atoms with Gasteiger partial charge in [0.05, 0.1) is 6.10 Å². The van der Waals surface area contributed by atoms with Crippen molar-refractivity contribution in [1.29, 1.82) is 0 Å². The zero-order chi connectivity index (χ0) is 10.2. The van der Waals surface area contributed by atoms with Gasteiger partial charge in [-0.25, -0.2) is 0 Å². The van der Waals surface area contributed by atoms with Gasteiger partial charge in [-0.15, -0.1) is 0 Å². The van der Waals surface area contributed by atoms with Crippen LogP contribution in [0.3, 0.4) is 0 Å². The van der Waals surface area contributed by atoms with Crippen molar-refractivity contribution in [3.05, 3.63) is 0 Å². The van der Waals surface area contributed by atoms with Crippen LogP contribution in [-0.4, -0.2) is 25.3 Å². The molecule has 0 aromatic carbocycles. The molecule has 0 amide bonds. The number of hydrogen-bond donors (Lipinski definition) is 1. The Kier molecular flexibility index (Phi) is 6.20. The van der Waals surface area contributed by atoms with Crippen LogP contribution >= 0.6 is 0 Å². The van der Waals surface area contributed by atoms with Crippen molar-refractivity contribution < 1.29 is 4.74 Å². The summed E-state index contributed by atoms with van der Waals surface area (Å²) in [7, 11) is 0. The number of rotatable bonds is 7.